The molecule has 0 radical (unpaired) electrons. The number of rotatable bonds is 3. The molecule has 1 aromatic heterocycles. The van der Waals surface area contributed by atoms with Crippen LogP contribution < -0.4 is 5.73 Å². The SMILES string of the molecule is CC(C)c1cc(C(=O)N2CCCC[C@H]2[C@H](C)N)nn1C. The Balaban J connectivity index is 2.23. The Morgan fingerprint density at radius 2 is 2.10 bits per heavy atom. The number of likely N-dealkylation sites (tertiary alicyclic amines) is 1. The van der Waals surface area contributed by atoms with Crippen molar-refractivity contribution >= 4 is 5.91 Å². The predicted molar refractivity (Wildman–Crippen MR) is 79.6 cm³/mol. The van der Waals surface area contributed by atoms with Crippen LogP contribution in [0.25, 0.3) is 0 Å². The highest BCUT2D eigenvalue weighted by molar-refractivity contribution is 5.92. The molecule has 0 aliphatic carbocycles. The van der Waals surface area contributed by atoms with Gasteiger partial charge in [-0.05, 0) is 38.2 Å². The summed E-state index contributed by atoms with van der Waals surface area (Å²) in [5.74, 6) is 0.383. The highest BCUT2D eigenvalue weighted by Crippen LogP contribution is 2.22. The van der Waals surface area contributed by atoms with Crippen LogP contribution in [-0.4, -0.2) is 39.2 Å². The standard InChI is InChI=1S/C15H26N4O/c1-10(2)14-9-12(17-18(14)4)15(20)19-8-6-5-7-13(19)11(3)16/h9-11,13H,5-8,16H2,1-4H3/t11-,13-/m0/s1. The van der Waals surface area contributed by atoms with Gasteiger partial charge in [0.05, 0.1) is 0 Å². The lowest BCUT2D eigenvalue weighted by Crippen LogP contribution is -2.51. The van der Waals surface area contributed by atoms with Gasteiger partial charge >= 0.3 is 0 Å². The summed E-state index contributed by atoms with van der Waals surface area (Å²) in [6, 6.07) is 2.06. The van der Waals surface area contributed by atoms with Gasteiger partial charge in [0.1, 0.15) is 0 Å². The first kappa shape index (κ1) is 15.0. The molecule has 2 N–H and O–H groups in total. The van der Waals surface area contributed by atoms with Crippen LogP contribution in [0.15, 0.2) is 6.07 Å². The molecule has 0 saturated carbocycles. The second-order valence-electron chi connectivity index (χ2n) is 6.15. The number of aryl methyl sites for hydroxylation is 1. The average molecular weight is 278 g/mol. The van der Waals surface area contributed by atoms with Gasteiger partial charge in [-0.1, -0.05) is 13.8 Å². The molecule has 1 saturated heterocycles. The summed E-state index contributed by atoms with van der Waals surface area (Å²) in [5.41, 5.74) is 7.67. The predicted octanol–water partition coefficient (Wildman–Crippen LogP) is 1.89. The quantitative estimate of drug-likeness (QED) is 0.918. The maximum atomic E-state index is 12.7. The third-order valence-corrected chi connectivity index (χ3v) is 4.14. The van der Waals surface area contributed by atoms with Crippen molar-refractivity contribution in [3.63, 3.8) is 0 Å². The fraction of sp³-hybridized carbons (Fsp3) is 0.733. The summed E-state index contributed by atoms with van der Waals surface area (Å²) in [5, 5.41) is 4.39. The number of carbonyl (C=O) groups is 1. The molecule has 1 aliphatic heterocycles. The minimum Gasteiger partial charge on any atom is -0.333 e. The van der Waals surface area contributed by atoms with Crippen molar-refractivity contribution in [3.05, 3.63) is 17.5 Å². The Morgan fingerprint density at radius 3 is 2.65 bits per heavy atom. The minimum atomic E-state index is 0.00697. The molecule has 5 nitrogen and oxygen atoms in total. The van der Waals surface area contributed by atoms with Crippen molar-refractivity contribution in [3.8, 4) is 0 Å². The molecule has 20 heavy (non-hydrogen) atoms. The van der Waals surface area contributed by atoms with Crippen molar-refractivity contribution < 1.29 is 4.79 Å². The van der Waals surface area contributed by atoms with E-state index in [2.05, 4.69) is 18.9 Å². The molecule has 0 aromatic carbocycles. The van der Waals surface area contributed by atoms with Gasteiger partial charge in [0, 0.05) is 31.4 Å². The van der Waals surface area contributed by atoms with E-state index < -0.39 is 0 Å². The Bertz CT molecular complexity index is 478. The number of amides is 1. The summed E-state index contributed by atoms with van der Waals surface area (Å²) in [7, 11) is 1.89. The van der Waals surface area contributed by atoms with E-state index in [4.69, 9.17) is 5.73 Å². The topological polar surface area (TPSA) is 64.2 Å². The molecule has 1 aliphatic rings. The van der Waals surface area contributed by atoms with Crippen LogP contribution in [-0.2, 0) is 7.05 Å². The van der Waals surface area contributed by atoms with Crippen LogP contribution >= 0.6 is 0 Å². The zero-order valence-electron chi connectivity index (χ0n) is 13.0. The van der Waals surface area contributed by atoms with Crippen LogP contribution in [0.3, 0.4) is 0 Å². The molecule has 5 heteroatoms. The summed E-state index contributed by atoms with van der Waals surface area (Å²) in [4.78, 5) is 14.6. The second-order valence-corrected chi connectivity index (χ2v) is 6.15. The van der Waals surface area contributed by atoms with E-state index in [1.807, 2.05) is 29.6 Å². The van der Waals surface area contributed by atoms with E-state index >= 15 is 0 Å². The second kappa shape index (κ2) is 5.95. The molecule has 2 rings (SSSR count). The Labute approximate surface area is 121 Å². The number of nitrogens with zero attached hydrogens (tertiary/aromatic N) is 3. The maximum absolute atomic E-state index is 12.7. The van der Waals surface area contributed by atoms with Gasteiger partial charge in [-0.3, -0.25) is 9.48 Å². The monoisotopic (exact) mass is 278 g/mol. The summed E-state index contributed by atoms with van der Waals surface area (Å²) in [6.07, 6.45) is 3.20. The smallest absolute Gasteiger partial charge is 0.274 e. The van der Waals surface area contributed by atoms with Crippen LogP contribution in [0.2, 0.25) is 0 Å². The maximum Gasteiger partial charge on any atom is 0.274 e. The molecule has 2 heterocycles. The summed E-state index contributed by atoms with van der Waals surface area (Å²) < 4.78 is 1.81. The normalized spacial score (nSPS) is 21.3. The Kier molecular flexibility index (Phi) is 4.48. The van der Waals surface area contributed by atoms with Crippen molar-refractivity contribution in [2.45, 2.75) is 58.0 Å². The Morgan fingerprint density at radius 1 is 1.40 bits per heavy atom. The number of carbonyl (C=O) groups excluding carboxylic acids is 1. The zero-order valence-corrected chi connectivity index (χ0v) is 13.0. The number of nitrogens with two attached hydrogens (primary N) is 1. The van der Waals surface area contributed by atoms with E-state index in [-0.39, 0.29) is 18.0 Å². The van der Waals surface area contributed by atoms with E-state index in [1.165, 1.54) is 0 Å². The third kappa shape index (κ3) is 2.87. The summed E-state index contributed by atoms with van der Waals surface area (Å²) >= 11 is 0. The van der Waals surface area contributed by atoms with E-state index in [0.29, 0.717) is 11.6 Å². The van der Waals surface area contributed by atoms with Gasteiger partial charge in [-0.25, -0.2) is 0 Å². The minimum absolute atomic E-state index is 0.00697. The molecule has 1 aromatic rings. The van der Waals surface area contributed by atoms with Gasteiger partial charge in [-0.2, -0.15) is 5.10 Å². The number of hydrogen-bond donors (Lipinski definition) is 1. The molecule has 0 unspecified atom stereocenters. The molecule has 1 amide bonds. The summed E-state index contributed by atoms with van der Waals surface area (Å²) in [6.45, 7) is 6.99. The molecule has 0 bridgehead atoms. The largest absolute Gasteiger partial charge is 0.333 e. The highest BCUT2D eigenvalue weighted by Gasteiger charge is 2.31. The Hall–Kier alpha value is -1.36. The lowest BCUT2D eigenvalue weighted by Gasteiger charge is -2.37. The third-order valence-electron chi connectivity index (χ3n) is 4.14. The molecule has 112 valence electrons. The van der Waals surface area contributed by atoms with Crippen LogP contribution in [0.5, 0.6) is 0 Å². The fourth-order valence-corrected chi connectivity index (χ4v) is 3.03. The van der Waals surface area contributed by atoms with E-state index in [9.17, 15) is 4.79 Å². The lowest BCUT2D eigenvalue weighted by atomic mass is 9.96. The molecule has 0 spiro atoms. The molecular formula is C15H26N4O. The zero-order chi connectivity index (χ0) is 14.9. The first-order valence-corrected chi connectivity index (χ1v) is 7.52. The highest BCUT2D eigenvalue weighted by atomic mass is 16.2. The number of piperidine rings is 1. The van der Waals surface area contributed by atoms with Gasteiger partial charge < -0.3 is 10.6 Å². The van der Waals surface area contributed by atoms with Crippen molar-refractivity contribution in [2.75, 3.05) is 6.54 Å². The van der Waals surface area contributed by atoms with Crippen LogP contribution in [0, 0.1) is 0 Å². The van der Waals surface area contributed by atoms with Gasteiger partial charge in [0.15, 0.2) is 5.69 Å². The first-order valence-electron chi connectivity index (χ1n) is 7.52. The average Bonchev–Trinajstić information content (AvgIpc) is 2.80. The van der Waals surface area contributed by atoms with Crippen LogP contribution in [0.1, 0.15) is 62.1 Å². The van der Waals surface area contributed by atoms with Crippen molar-refractivity contribution in [1.82, 2.24) is 14.7 Å². The molecule has 1 fully saturated rings. The van der Waals surface area contributed by atoms with Crippen LogP contribution in [0.4, 0.5) is 0 Å². The van der Waals surface area contributed by atoms with Gasteiger partial charge in [0.2, 0.25) is 0 Å². The van der Waals surface area contributed by atoms with Gasteiger partial charge in [-0.15, -0.1) is 0 Å². The van der Waals surface area contributed by atoms with Crippen molar-refractivity contribution in [1.29, 1.82) is 0 Å². The lowest BCUT2D eigenvalue weighted by molar-refractivity contribution is 0.0577. The number of aromatic nitrogens is 2. The molecular weight excluding hydrogens is 252 g/mol. The van der Waals surface area contributed by atoms with E-state index in [0.717, 1.165) is 31.5 Å². The first-order chi connectivity index (χ1) is 9.41. The van der Waals surface area contributed by atoms with E-state index in [1.54, 1.807) is 0 Å². The van der Waals surface area contributed by atoms with Crippen molar-refractivity contribution in [2.24, 2.45) is 12.8 Å². The molecule has 2 atom stereocenters. The number of hydrogen-bond acceptors (Lipinski definition) is 3. The fourth-order valence-electron chi connectivity index (χ4n) is 3.03. The van der Waals surface area contributed by atoms with Gasteiger partial charge in [0.25, 0.3) is 5.91 Å².